The summed E-state index contributed by atoms with van der Waals surface area (Å²) in [5.74, 6) is 2.63. The summed E-state index contributed by atoms with van der Waals surface area (Å²) in [6, 6.07) is 11.9. The number of methoxy groups -OCH3 is 3. The molecule has 0 unspecified atom stereocenters. The third-order valence-electron chi connectivity index (χ3n) is 4.14. The summed E-state index contributed by atoms with van der Waals surface area (Å²) in [6.45, 7) is 5.09. The van der Waals surface area contributed by atoms with Crippen molar-refractivity contribution in [3.05, 3.63) is 54.6 Å². The van der Waals surface area contributed by atoms with E-state index in [0.717, 1.165) is 22.5 Å². The summed E-state index contributed by atoms with van der Waals surface area (Å²) in [7, 11) is 4.81. The molecule has 0 aliphatic carbocycles. The zero-order chi connectivity index (χ0) is 18.5. The maximum atomic E-state index is 5.41. The molecule has 1 N–H and O–H groups in total. The Balaban J connectivity index is 0.00000261. The summed E-state index contributed by atoms with van der Waals surface area (Å²) >= 11 is 0. The minimum Gasteiger partial charge on any atom is -0.493 e. The molecule has 0 amide bonds. The number of allylic oxidation sites excluding steroid dienone is 1. The average molecular weight is 390 g/mol. The van der Waals surface area contributed by atoms with Gasteiger partial charge in [0.25, 0.3) is 0 Å². The van der Waals surface area contributed by atoms with Crippen molar-refractivity contribution in [1.29, 1.82) is 0 Å². The van der Waals surface area contributed by atoms with Crippen LogP contribution in [0.5, 0.6) is 17.2 Å². The summed E-state index contributed by atoms with van der Waals surface area (Å²) in [6.07, 6.45) is 1.86. The third-order valence-corrected chi connectivity index (χ3v) is 4.14. The van der Waals surface area contributed by atoms with Crippen LogP contribution < -0.4 is 19.5 Å². The highest BCUT2D eigenvalue weighted by Gasteiger charge is 2.14. The number of para-hydroxylation sites is 2. The lowest BCUT2D eigenvalue weighted by Gasteiger charge is -2.15. The van der Waals surface area contributed by atoms with Crippen LogP contribution in [0.3, 0.4) is 0 Å². The van der Waals surface area contributed by atoms with Gasteiger partial charge in [-0.3, -0.25) is 0 Å². The largest absolute Gasteiger partial charge is 0.493 e. The van der Waals surface area contributed by atoms with Crippen LogP contribution in [0.2, 0.25) is 0 Å². The number of ether oxygens (including phenoxy) is 3. The number of nitrogens with zero attached hydrogens (tertiary/aromatic N) is 2. The number of hydrogen-bond acceptors (Lipinski definition) is 5. The molecule has 0 spiro atoms. The molecule has 0 atom stereocenters. The molecule has 7 heteroatoms. The number of aromatic nitrogens is 2. The van der Waals surface area contributed by atoms with Gasteiger partial charge in [0, 0.05) is 13.1 Å². The lowest BCUT2D eigenvalue weighted by Crippen LogP contribution is -2.07. The molecule has 2 aromatic carbocycles. The van der Waals surface area contributed by atoms with Crippen molar-refractivity contribution >= 4 is 29.4 Å². The fraction of sp³-hybridized carbons (Fsp3) is 0.250. The number of nitrogens with one attached hydrogen (secondary N) is 1. The van der Waals surface area contributed by atoms with E-state index in [-0.39, 0.29) is 12.4 Å². The molecule has 6 nitrogen and oxygen atoms in total. The first-order valence-electron chi connectivity index (χ1n) is 8.30. The third kappa shape index (κ3) is 4.11. The lowest BCUT2D eigenvalue weighted by atomic mass is 10.2. The van der Waals surface area contributed by atoms with E-state index >= 15 is 0 Å². The van der Waals surface area contributed by atoms with E-state index in [1.54, 1.807) is 21.3 Å². The predicted molar refractivity (Wildman–Crippen MR) is 111 cm³/mol. The van der Waals surface area contributed by atoms with Gasteiger partial charge in [0.15, 0.2) is 11.5 Å². The molecule has 0 saturated heterocycles. The molecule has 0 bridgehead atoms. The molecular formula is C20H24ClN3O3. The summed E-state index contributed by atoms with van der Waals surface area (Å²) in [5, 5.41) is 3.40. The van der Waals surface area contributed by atoms with Gasteiger partial charge in [-0.2, -0.15) is 0 Å². The Kier molecular flexibility index (Phi) is 6.96. The van der Waals surface area contributed by atoms with Gasteiger partial charge in [-0.1, -0.05) is 18.2 Å². The second-order valence-corrected chi connectivity index (χ2v) is 5.71. The molecule has 0 aliphatic heterocycles. The first kappa shape index (κ1) is 20.5. The smallest absolute Gasteiger partial charge is 0.204 e. The number of hydrogen-bond donors (Lipinski definition) is 1. The minimum atomic E-state index is 0. The first-order valence-corrected chi connectivity index (χ1v) is 8.30. The van der Waals surface area contributed by atoms with Crippen LogP contribution in [0.25, 0.3) is 11.0 Å². The molecule has 0 saturated carbocycles. The Morgan fingerprint density at radius 2 is 1.74 bits per heavy atom. The van der Waals surface area contributed by atoms with Crippen LogP contribution in [-0.2, 0) is 13.1 Å². The standard InChI is InChI=1S/C20H23N3O3.ClH/c1-5-10-23-16-9-7-6-8-15(16)22-20(23)21-13-14-11-17(24-2)19(26-4)18(12-14)25-3;/h5-9,11-12H,1,10,13H2,2-4H3,(H,21,22);1H. The summed E-state index contributed by atoms with van der Waals surface area (Å²) in [5.41, 5.74) is 3.01. The number of halogens is 1. The van der Waals surface area contributed by atoms with Crippen LogP contribution in [0.15, 0.2) is 49.1 Å². The highest BCUT2D eigenvalue weighted by atomic mass is 35.5. The maximum absolute atomic E-state index is 5.41. The molecule has 0 aliphatic rings. The van der Waals surface area contributed by atoms with Crippen LogP contribution in [0.1, 0.15) is 5.56 Å². The Bertz CT molecular complexity index is 899. The molecular weight excluding hydrogens is 366 g/mol. The van der Waals surface area contributed by atoms with Gasteiger partial charge in [0.1, 0.15) is 0 Å². The molecule has 144 valence electrons. The molecule has 1 aromatic heterocycles. The van der Waals surface area contributed by atoms with E-state index in [0.29, 0.717) is 30.3 Å². The topological polar surface area (TPSA) is 57.5 Å². The second kappa shape index (κ2) is 9.19. The Morgan fingerprint density at radius 3 is 2.33 bits per heavy atom. The van der Waals surface area contributed by atoms with Crippen LogP contribution >= 0.6 is 12.4 Å². The Hall–Kier alpha value is -2.86. The van der Waals surface area contributed by atoms with E-state index in [9.17, 15) is 0 Å². The van der Waals surface area contributed by atoms with E-state index < -0.39 is 0 Å². The molecule has 0 fully saturated rings. The second-order valence-electron chi connectivity index (χ2n) is 5.71. The Labute approximate surface area is 165 Å². The minimum absolute atomic E-state index is 0. The fourth-order valence-electron chi connectivity index (χ4n) is 2.94. The van der Waals surface area contributed by atoms with Gasteiger partial charge in [0.2, 0.25) is 11.7 Å². The lowest BCUT2D eigenvalue weighted by molar-refractivity contribution is 0.324. The van der Waals surface area contributed by atoms with E-state index in [1.807, 2.05) is 36.4 Å². The summed E-state index contributed by atoms with van der Waals surface area (Å²) in [4.78, 5) is 4.68. The van der Waals surface area contributed by atoms with Gasteiger partial charge in [-0.25, -0.2) is 4.98 Å². The van der Waals surface area contributed by atoms with Crippen molar-refractivity contribution in [3.63, 3.8) is 0 Å². The number of fused-ring (bicyclic) bond motifs is 1. The number of rotatable bonds is 8. The predicted octanol–water partition coefficient (Wildman–Crippen LogP) is 4.28. The molecule has 0 radical (unpaired) electrons. The zero-order valence-corrected chi connectivity index (χ0v) is 16.5. The number of anilines is 1. The highest BCUT2D eigenvalue weighted by molar-refractivity contribution is 5.85. The van der Waals surface area contributed by atoms with Crippen LogP contribution in [0.4, 0.5) is 5.95 Å². The Morgan fingerprint density at radius 1 is 1.07 bits per heavy atom. The monoisotopic (exact) mass is 389 g/mol. The fourth-order valence-corrected chi connectivity index (χ4v) is 2.94. The van der Waals surface area contributed by atoms with Crippen molar-refractivity contribution in [2.24, 2.45) is 0 Å². The van der Waals surface area contributed by atoms with Gasteiger partial charge < -0.3 is 24.1 Å². The SMILES string of the molecule is C=CCn1c(NCc2cc(OC)c(OC)c(OC)c2)nc2ccccc21.Cl. The normalized spacial score (nSPS) is 10.2. The van der Waals surface area contributed by atoms with Crippen LogP contribution in [0, 0.1) is 0 Å². The van der Waals surface area contributed by atoms with Crippen molar-refractivity contribution in [3.8, 4) is 17.2 Å². The molecule has 3 rings (SSSR count). The first-order chi connectivity index (χ1) is 12.7. The van der Waals surface area contributed by atoms with Crippen molar-refractivity contribution in [2.75, 3.05) is 26.6 Å². The molecule has 27 heavy (non-hydrogen) atoms. The zero-order valence-electron chi connectivity index (χ0n) is 15.7. The van der Waals surface area contributed by atoms with E-state index in [1.165, 1.54) is 0 Å². The van der Waals surface area contributed by atoms with Gasteiger partial charge in [-0.15, -0.1) is 19.0 Å². The van der Waals surface area contributed by atoms with Crippen molar-refractivity contribution < 1.29 is 14.2 Å². The molecule has 3 aromatic rings. The highest BCUT2D eigenvalue weighted by Crippen LogP contribution is 2.38. The molecule has 1 heterocycles. The van der Waals surface area contributed by atoms with E-state index in [4.69, 9.17) is 14.2 Å². The number of benzene rings is 2. The average Bonchev–Trinajstić information content (AvgIpc) is 3.03. The maximum Gasteiger partial charge on any atom is 0.204 e. The van der Waals surface area contributed by atoms with Crippen molar-refractivity contribution in [2.45, 2.75) is 13.1 Å². The van der Waals surface area contributed by atoms with Gasteiger partial charge in [-0.05, 0) is 29.8 Å². The quantitative estimate of drug-likeness (QED) is 0.582. The van der Waals surface area contributed by atoms with Crippen LogP contribution in [-0.4, -0.2) is 30.9 Å². The van der Waals surface area contributed by atoms with Crippen molar-refractivity contribution in [1.82, 2.24) is 9.55 Å². The van der Waals surface area contributed by atoms with Gasteiger partial charge in [0.05, 0.1) is 32.4 Å². The number of imidazole rings is 1. The summed E-state index contributed by atoms with van der Waals surface area (Å²) < 4.78 is 18.3. The van der Waals surface area contributed by atoms with E-state index in [2.05, 4.69) is 27.5 Å². The van der Waals surface area contributed by atoms with Gasteiger partial charge >= 0.3 is 0 Å².